The molecule has 3 aromatic rings. The lowest BCUT2D eigenvalue weighted by molar-refractivity contribution is 0.260. The third-order valence-corrected chi connectivity index (χ3v) is 6.24. The van der Waals surface area contributed by atoms with Crippen molar-refractivity contribution in [2.45, 2.75) is 13.3 Å². The van der Waals surface area contributed by atoms with Crippen LogP contribution in [0.2, 0.25) is 0 Å². The second-order valence-corrected chi connectivity index (χ2v) is 7.93. The van der Waals surface area contributed by atoms with Gasteiger partial charge in [-0.25, -0.2) is 4.79 Å². The molecule has 0 N–H and O–H groups in total. The van der Waals surface area contributed by atoms with Crippen molar-refractivity contribution in [3.8, 4) is 17.2 Å². The summed E-state index contributed by atoms with van der Waals surface area (Å²) in [4.78, 5) is 17.6. The molecule has 0 unspecified atom stereocenters. The average molecular weight is 439 g/mol. The van der Waals surface area contributed by atoms with E-state index in [1.807, 2.05) is 13.0 Å². The highest BCUT2D eigenvalue weighted by Crippen LogP contribution is 2.44. The summed E-state index contributed by atoms with van der Waals surface area (Å²) in [6, 6.07) is 12.2. The van der Waals surface area contributed by atoms with Gasteiger partial charge in [-0.15, -0.1) is 0 Å². The zero-order valence-electron chi connectivity index (χ0n) is 19.1. The number of methoxy groups -OCH3 is 3. The predicted octanol–water partition coefficient (Wildman–Crippen LogP) is 3.49. The Bertz CT molecular complexity index is 1130. The molecule has 170 valence electrons. The number of piperazine rings is 1. The van der Waals surface area contributed by atoms with Crippen LogP contribution in [0.15, 0.2) is 45.6 Å². The number of anilines is 1. The van der Waals surface area contributed by atoms with E-state index in [4.69, 9.17) is 18.6 Å². The molecule has 0 atom stereocenters. The van der Waals surface area contributed by atoms with Gasteiger partial charge in [-0.3, -0.25) is 4.90 Å². The van der Waals surface area contributed by atoms with Crippen LogP contribution < -0.4 is 24.7 Å². The number of rotatable bonds is 7. The van der Waals surface area contributed by atoms with Gasteiger partial charge in [0.15, 0.2) is 11.5 Å². The molecular formula is C25H30N2O5. The topological polar surface area (TPSA) is 64.4 Å². The van der Waals surface area contributed by atoms with Crippen LogP contribution >= 0.6 is 0 Å². The Morgan fingerprint density at radius 1 is 0.938 bits per heavy atom. The number of hydrogen-bond donors (Lipinski definition) is 0. The molecule has 1 aliphatic rings. The Balaban J connectivity index is 1.54. The van der Waals surface area contributed by atoms with E-state index in [2.05, 4.69) is 34.1 Å². The van der Waals surface area contributed by atoms with Gasteiger partial charge in [-0.05, 0) is 31.0 Å². The first-order chi connectivity index (χ1) is 15.6. The molecule has 0 amide bonds. The van der Waals surface area contributed by atoms with Gasteiger partial charge in [0, 0.05) is 50.0 Å². The van der Waals surface area contributed by atoms with Crippen LogP contribution in [0.5, 0.6) is 17.2 Å². The van der Waals surface area contributed by atoms with Crippen molar-refractivity contribution in [1.82, 2.24) is 4.90 Å². The zero-order valence-corrected chi connectivity index (χ0v) is 19.1. The first kappa shape index (κ1) is 22.0. The molecule has 0 aliphatic carbocycles. The number of para-hydroxylation sites is 1. The van der Waals surface area contributed by atoms with E-state index >= 15 is 0 Å². The van der Waals surface area contributed by atoms with E-state index in [0.717, 1.165) is 43.7 Å². The highest BCUT2D eigenvalue weighted by Gasteiger charge is 2.23. The molecule has 0 bridgehead atoms. The number of aryl methyl sites for hydroxylation is 1. The van der Waals surface area contributed by atoms with Crippen molar-refractivity contribution < 1.29 is 18.6 Å². The molecule has 7 heteroatoms. The Hall–Kier alpha value is -3.19. The lowest BCUT2D eigenvalue weighted by Gasteiger charge is -2.36. The number of nitrogens with zero attached hydrogens (tertiary/aromatic N) is 2. The molecule has 2 heterocycles. The molecule has 0 radical (unpaired) electrons. The molecule has 7 nitrogen and oxygen atoms in total. The summed E-state index contributed by atoms with van der Waals surface area (Å²) in [5.41, 5.74) is 2.91. The highest BCUT2D eigenvalue weighted by atomic mass is 16.5. The van der Waals surface area contributed by atoms with Crippen LogP contribution in [0.25, 0.3) is 11.0 Å². The number of ether oxygens (including phenoxy) is 3. The maximum Gasteiger partial charge on any atom is 0.339 e. The van der Waals surface area contributed by atoms with Gasteiger partial charge in [0.05, 0.1) is 26.7 Å². The third-order valence-electron chi connectivity index (χ3n) is 6.24. The number of hydrogen-bond acceptors (Lipinski definition) is 7. The van der Waals surface area contributed by atoms with Crippen molar-refractivity contribution in [3.63, 3.8) is 0 Å². The van der Waals surface area contributed by atoms with Gasteiger partial charge in [0.2, 0.25) is 5.75 Å². The summed E-state index contributed by atoms with van der Waals surface area (Å²) < 4.78 is 22.2. The minimum Gasteiger partial charge on any atom is -0.493 e. The summed E-state index contributed by atoms with van der Waals surface area (Å²) in [6.07, 6.45) is 0.618. The SMILES string of the molecule is COc1cc2oc(=O)c(CCN3CCN(c4ccccc4)CC3)c(C)c2c(OC)c1OC. The van der Waals surface area contributed by atoms with Crippen LogP contribution in [0.4, 0.5) is 5.69 Å². The van der Waals surface area contributed by atoms with E-state index in [9.17, 15) is 4.79 Å². The monoisotopic (exact) mass is 438 g/mol. The number of benzene rings is 2. The zero-order chi connectivity index (χ0) is 22.7. The minimum atomic E-state index is -0.313. The van der Waals surface area contributed by atoms with Gasteiger partial charge < -0.3 is 23.5 Å². The maximum atomic E-state index is 12.8. The Morgan fingerprint density at radius 3 is 2.25 bits per heavy atom. The maximum absolute atomic E-state index is 12.8. The lowest BCUT2D eigenvalue weighted by atomic mass is 10.0. The predicted molar refractivity (Wildman–Crippen MR) is 126 cm³/mol. The summed E-state index contributed by atoms with van der Waals surface area (Å²) >= 11 is 0. The van der Waals surface area contributed by atoms with Crippen LogP contribution in [0, 0.1) is 6.92 Å². The van der Waals surface area contributed by atoms with E-state index in [1.165, 1.54) is 5.69 Å². The number of fused-ring (bicyclic) bond motifs is 1. The van der Waals surface area contributed by atoms with Crippen LogP contribution in [-0.4, -0.2) is 59.0 Å². The lowest BCUT2D eigenvalue weighted by Crippen LogP contribution is -2.47. The molecule has 1 fully saturated rings. The average Bonchev–Trinajstić information content (AvgIpc) is 2.83. The van der Waals surface area contributed by atoms with Crippen molar-refractivity contribution in [2.75, 3.05) is 59.0 Å². The molecule has 32 heavy (non-hydrogen) atoms. The summed E-state index contributed by atoms with van der Waals surface area (Å²) in [5.74, 6) is 1.46. The van der Waals surface area contributed by atoms with E-state index in [-0.39, 0.29) is 5.63 Å². The molecular weight excluding hydrogens is 408 g/mol. The Labute approximate surface area is 188 Å². The first-order valence-corrected chi connectivity index (χ1v) is 10.8. The van der Waals surface area contributed by atoms with Crippen molar-refractivity contribution in [3.05, 3.63) is 57.9 Å². The van der Waals surface area contributed by atoms with Crippen LogP contribution in [-0.2, 0) is 6.42 Å². The van der Waals surface area contributed by atoms with Gasteiger partial charge in [0.25, 0.3) is 0 Å². The Kier molecular flexibility index (Phi) is 6.55. The largest absolute Gasteiger partial charge is 0.493 e. The molecule has 0 spiro atoms. The van der Waals surface area contributed by atoms with Crippen LogP contribution in [0.3, 0.4) is 0 Å². The second-order valence-electron chi connectivity index (χ2n) is 7.93. The van der Waals surface area contributed by atoms with Gasteiger partial charge >= 0.3 is 5.63 Å². The first-order valence-electron chi connectivity index (χ1n) is 10.8. The molecule has 1 aromatic heterocycles. The fourth-order valence-corrected chi connectivity index (χ4v) is 4.46. The summed E-state index contributed by atoms with van der Waals surface area (Å²) in [7, 11) is 4.68. The normalized spacial score (nSPS) is 14.6. The van der Waals surface area contributed by atoms with Crippen molar-refractivity contribution >= 4 is 16.7 Å². The fraction of sp³-hybridized carbons (Fsp3) is 0.400. The molecule has 0 saturated carbocycles. The van der Waals surface area contributed by atoms with Crippen molar-refractivity contribution in [2.24, 2.45) is 0 Å². The van der Waals surface area contributed by atoms with E-state index in [0.29, 0.717) is 34.8 Å². The molecule has 2 aromatic carbocycles. The van der Waals surface area contributed by atoms with Gasteiger partial charge in [-0.2, -0.15) is 0 Å². The Morgan fingerprint density at radius 2 is 1.62 bits per heavy atom. The minimum absolute atomic E-state index is 0.313. The summed E-state index contributed by atoms with van der Waals surface area (Å²) in [5, 5.41) is 0.744. The standard InChI is InChI=1S/C25H30N2O5/c1-17-19(10-11-26-12-14-27(15-13-26)18-8-6-5-7-9-18)25(28)32-20-16-21(29-2)23(30-3)24(31-4)22(17)20/h5-9,16H,10-15H2,1-4H3. The smallest absolute Gasteiger partial charge is 0.339 e. The van der Waals surface area contributed by atoms with Gasteiger partial charge in [-0.1, -0.05) is 18.2 Å². The molecule has 4 rings (SSSR count). The van der Waals surface area contributed by atoms with Crippen LogP contribution in [0.1, 0.15) is 11.1 Å². The van der Waals surface area contributed by atoms with E-state index in [1.54, 1.807) is 27.4 Å². The third kappa shape index (κ3) is 4.12. The van der Waals surface area contributed by atoms with E-state index < -0.39 is 0 Å². The molecule has 1 saturated heterocycles. The van der Waals surface area contributed by atoms with Crippen molar-refractivity contribution in [1.29, 1.82) is 0 Å². The quantitative estimate of drug-likeness (QED) is 0.523. The highest BCUT2D eigenvalue weighted by molar-refractivity contribution is 5.92. The second kappa shape index (κ2) is 9.53. The molecule has 1 aliphatic heterocycles. The van der Waals surface area contributed by atoms with Gasteiger partial charge in [0.1, 0.15) is 5.58 Å². The summed E-state index contributed by atoms with van der Waals surface area (Å²) in [6.45, 7) is 6.61. The fourth-order valence-electron chi connectivity index (χ4n) is 4.46.